The summed E-state index contributed by atoms with van der Waals surface area (Å²) < 4.78 is 22.8. The first kappa shape index (κ1) is 14.5. The molecule has 1 saturated carbocycles. The van der Waals surface area contributed by atoms with E-state index in [0.29, 0.717) is 24.7 Å². The van der Waals surface area contributed by atoms with Gasteiger partial charge in [0, 0.05) is 26.4 Å². The summed E-state index contributed by atoms with van der Waals surface area (Å²) in [7, 11) is 3.40. The van der Waals surface area contributed by atoms with Crippen molar-refractivity contribution in [2.24, 2.45) is 5.92 Å². The lowest BCUT2D eigenvalue weighted by molar-refractivity contribution is -0.266. The lowest BCUT2D eigenvalue weighted by Gasteiger charge is -2.39. The summed E-state index contributed by atoms with van der Waals surface area (Å²) in [5.74, 6) is -0.182. The Morgan fingerprint density at radius 2 is 2.00 bits per heavy atom. The molecule has 0 aromatic rings. The molecule has 4 nitrogen and oxygen atoms in total. The molecule has 3 unspecified atom stereocenters. The SMILES string of the molecule is CC[SiH2]COCC(OC)(OC)C1CCC2OC2C1. The van der Waals surface area contributed by atoms with Crippen LogP contribution in [0, 0.1) is 5.92 Å². The van der Waals surface area contributed by atoms with Crippen LogP contribution in [0.2, 0.25) is 6.04 Å². The van der Waals surface area contributed by atoms with E-state index in [-0.39, 0.29) is 9.52 Å². The highest BCUT2D eigenvalue weighted by molar-refractivity contribution is 6.34. The molecule has 106 valence electrons. The van der Waals surface area contributed by atoms with E-state index in [1.807, 2.05) is 0 Å². The van der Waals surface area contributed by atoms with Crippen molar-refractivity contribution in [3.05, 3.63) is 0 Å². The zero-order chi connectivity index (χ0) is 13.0. The molecule has 0 spiro atoms. The second kappa shape index (κ2) is 6.48. The zero-order valence-corrected chi connectivity index (χ0v) is 13.2. The Kier molecular flexibility index (Phi) is 5.21. The molecule has 0 bridgehead atoms. The van der Waals surface area contributed by atoms with Gasteiger partial charge in [-0.25, -0.2) is 0 Å². The second-order valence-electron chi connectivity index (χ2n) is 5.35. The monoisotopic (exact) mass is 274 g/mol. The summed E-state index contributed by atoms with van der Waals surface area (Å²) in [6, 6.07) is 1.29. The lowest BCUT2D eigenvalue weighted by atomic mass is 9.83. The van der Waals surface area contributed by atoms with E-state index in [1.54, 1.807) is 14.2 Å². The molecule has 1 saturated heterocycles. The molecule has 1 aliphatic carbocycles. The third-order valence-corrected chi connectivity index (χ3v) is 5.55. The third-order valence-electron chi connectivity index (χ3n) is 4.26. The molecule has 3 atom stereocenters. The highest BCUT2D eigenvalue weighted by atomic mass is 28.2. The molecule has 0 amide bonds. The van der Waals surface area contributed by atoms with Gasteiger partial charge in [0.15, 0.2) is 5.79 Å². The van der Waals surface area contributed by atoms with Crippen LogP contribution < -0.4 is 0 Å². The van der Waals surface area contributed by atoms with E-state index in [4.69, 9.17) is 18.9 Å². The number of fused-ring (bicyclic) bond motifs is 1. The Labute approximate surface area is 112 Å². The number of hydrogen-bond acceptors (Lipinski definition) is 4. The van der Waals surface area contributed by atoms with Gasteiger partial charge in [0.05, 0.1) is 21.7 Å². The van der Waals surface area contributed by atoms with Crippen molar-refractivity contribution in [3.63, 3.8) is 0 Å². The van der Waals surface area contributed by atoms with Crippen molar-refractivity contribution in [1.82, 2.24) is 0 Å². The summed E-state index contributed by atoms with van der Waals surface area (Å²) in [5, 5.41) is 0. The minimum atomic E-state index is -0.570. The van der Waals surface area contributed by atoms with Gasteiger partial charge in [0.1, 0.15) is 6.61 Å². The minimum absolute atomic E-state index is 0.0512. The highest BCUT2D eigenvalue weighted by Gasteiger charge is 2.51. The van der Waals surface area contributed by atoms with E-state index >= 15 is 0 Å². The molecule has 2 fully saturated rings. The fourth-order valence-corrected chi connectivity index (χ4v) is 3.55. The standard InChI is InChI=1S/C13H26O4Si/c1-4-18-9-16-8-13(14-2,15-3)10-5-6-11-12(7-10)17-11/h10-12H,4-9,18H2,1-3H3. The van der Waals surface area contributed by atoms with Gasteiger partial charge in [0.2, 0.25) is 0 Å². The molecule has 0 aromatic carbocycles. The van der Waals surface area contributed by atoms with Crippen LogP contribution in [-0.4, -0.2) is 54.6 Å². The van der Waals surface area contributed by atoms with Crippen molar-refractivity contribution in [2.45, 2.75) is 50.2 Å². The first-order valence-corrected chi connectivity index (χ1v) is 9.09. The summed E-state index contributed by atoms with van der Waals surface area (Å²) in [6.07, 6.45) is 5.16. The fraction of sp³-hybridized carbons (Fsp3) is 1.00. The van der Waals surface area contributed by atoms with Crippen LogP contribution in [0.4, 0.5) is 0 Å². The second-order valence-corrected chi connectivity index (χ2v) is 7.46. The molecule has 0 N–H and O–H groups in total. The number of hydrogen-bond donors (Lipinski definition) is 0. The van der Waals surface area contributed by atoms with Crippen LogP contribution in [-0.2, 0) is 18.9 Å². The Morgan fingerprint density at radius 1 is 1.22 bits per heavy atom. The minimum Gasteiger partial charge on any atom is -0.380 e. The Hall–Kier alpha value is 0.0569. The summed E-state index contributed by atoms with van der Waals surface area (Å²) in [6.45, 7) is 2.77. The fourth-order valence-electron chi connectivity index (χ4n) is 2.92. The summed E-state index contributed by atoms with van der Waals surface area (Å²) in [4.78, 5) is 0. The van der Waals surface area contributed by atoms with Crippen molar-refractivity contribution < 1.29 is 18.9 Å². The zero-order valence-electron chi connectivity index (χ0n) is 11.8. The van der Waals surface area contributed by atoms with E-state index in [9.17, 15) is 0 Å². The van der Waals surface area contributed by atoms with Crippen molar-refractivity contribution in [3.8, 4) is 0 Å². The van der Waals surface area contributed by atoms with Gasteiger partial charge in [-0.05, 0) is 19.3 Å². The van der Waals surface area contributed by atoms with E-state index in [2.05, 4.69) is 6.92 Å². The quantitative estimate of drug-likeness (QED) is 0.288. The highest BCUT2D eigenvalue weighted by Crippen LogP contribution is 2.44. The van der Waals surface area contributed by atoms with Crippen LogP contribution in [0.1, 0.15) is 26.2 Å². The van der Waals surface area contributed by atoms with Crippen LogP contribution >= 0.6 is 0 Å². The van der Waals surface area contributed by atoms with E-state index in [0.717, 1.165) is 25.5 Å². The van der Waals surface area contributed by atoms with Gasteiger partial charge in [-0.2, -0.15) is 0 Å². The molecule has 0 aromatic heterocycles. The van der Waals surface area contributed by atoms with E-state index < -0.39 is 5.79 Å². The van der Waals surface area contributed by atoms with Crippen LogP contribution in [0.5, 0.6) is 0 Å². The maximum absolute atomic E-state index is 5.79. The molecular weight excluding hydrogens is 248 g/mol. The lowest BCUT2D eigenvalue weighted by Crippen LogP contribution is -2.48. The maximum atomic E-state index is 5.79. The predicted octanol–water partition coefficient (Wildman–Crippen LogP) is 1.12. The Balaban J connectivity index is 1.87. The molecule has 18 heavy (non-hydrogen) atoms. The summed E-state index contributed by atoms with van der Waals surface area (Å²) in [5.41, 5.74) is 0. The Morgan fingerprint density at radius 3 is 2.61 bits per heavy atom. The van der Waals surface area contributed by atoms with Gasteiger partial charge in [-0.3, -0.25) is 0 Å². The van der Waals surface area contributed by atoms with Gasteiger partial charge >= 0.3 is 0 Å². The first-order chi connectivity index (χ1) is 8.75. The van der Waals surface area contributed by atoms with Crippen LogP contribution in [0.15, 0.2) is 0 Å². The van der Waals surface area contributed by atoms with Crippen LogP contribution in [0.3, 0.4) is 0 Å². The maximum Gasteiger partial charge on any atom is 0.194 e. The Bertz CT molecular complexity index is 257. The van der Waals surface area contributed by atoms with E-state index in [1.165, 1.54) is 6.04 Å². The molecule has 1 heterocycles. The normalized spacial score (nSPS) is 31.8. The number of epoxide rings is 1. The van der Waals surface area contributed by atoms with Gasteiger partial charge in [-0.15, -0.1) is 0 Å². The number of methoxy groups -OCH3 is 2. The van der Waals surface area contributed by atoms with Crippen molar-refractivity contribution in [2.75, 3.05) is 27.1 Å². The molecule has 1 aliphatic heterocycles. The van der Waals surface area contributed by atoms with Gasteiger partial charge in [0.25, 0.3) is 0 Å². The van der Waals surface area contributed by atoms with Gasteiger partial charge < -0.3 is 18.9 Å². The smallest absolute Gasteiger partial charge is 0.194 e. The van der Waals surface area contributed by atoms with Crippen LogP contribution in [0.25, 0.3) is 0 Å². The first-order valence-electron chi connectivity index (χ1n) is 7.09. The number of ether oxygens (including phenoxy) is 4. The third kappa shape index (κ3) is 3.14. The predicted molar refractivity (Wildman–Crippen MR) is 72.6 cm³/mol. The van der Waals surface area contributed by atoms with Crippen molar-refractivity contribution in [1.29, 1.82) is 0 Å². The topological polar surface area (TPSA) is 40.2 Å². The number of rotatable bonds is 8. The van der Waals surface area contributed by atoms with Gasteiger partial charge in [-0.1, -0.05) is 13.0 Å². The molecule has 0 radical (unpaired) electrons. The molecular formula is C13H26O4Si. The molecule has 2 rings (SSSR count). The average Bonchev–Trinajstić information content (AvgIpc) is 3.18. The summed E-state index contributed by atoms with van der Waals surface area (Å²) >= 11 is 0. The average molecular weight is 274 g/mol. The molecule has 5 heteroatoms. The molecule has 2 aliphatic rings. The van der Waals surface area contributed by atoms with Crippen molar-refractivity contribution >= 4 is 9.52 Å². The largest absolute Gasteiger partial charge is 0.380 e.